The Hall–Kier alpha value is -1.51. The van der Waals surface area contributed by atoms with Crippen molar-refractivity contribution in [3.05, 3.63) is 48.2 Å². The highest BCUT2D eigenvalue weighted by atomic mass is 35.5. The summed E-state index contributed by atoms with van der Waals surface area (Å²) in [5, 5.41) is 3.84. The quantitative estimate of drug-likeness (QED) is 0.726. The van der Waals surface area contributed by atoms with Crippen molar-refractivity contribution in [3.8, 4) is 0 Å². The lowest BCUT2D eigenvalue weighted by atomic mass is 10.0. The van der Waals surface area contributed by atoms with Crippen LogP contribution in [-0.4, -0.2) is 11.0 Å². The lowest BCUT2D eigenvalue weighted by Crippen LogP contribution is -2.17. The minimum Gasteiger partial charge on any atom is -0.360 e. The number of rotatable bonds is 2. The van der Waals surface area contributed by atoms with Crippen LogP contribution in [0.5, 0.6) is 0 Å². The number of H-pyrrole nitrogens is 1. The summed E-state index contributed by atoms with van der Waals surface area (Å²) in [6.07, 6.45) is 3.00. The molecule has 0 radical (unpaired) electrons. The van der Waals surface area contributed by atoms with Crippen molar-refractivity contribution in [2.75, 3.05) is 0 Å². The maximum atomic E-state index is 5.87. The summed E-state index contributed by atoms with van der Waals surface area (Å²) in [7, 11) is 0. The molecule has 94 valence electrons. The number of benzene rings is 2. The van der Waals surface area contributed by atoms with Crippen molar-refractivity contribution in [3.63, 3.8) is 0 Å². The lowest BCUT2D eigenvalue weighted by Gasteiger charge is -2.04. The molecule has 2 aromatic carbocycles. The molecule has 0 aliphatic heterocycles. The van der Waals surface area contributed by atoms with Gasteiger partial charge >= 0.3 is 0 Å². The monoisotopic (exact) mass is 260 g/mol. The Morgan fingerprint density at radius 2 is 1.89 bits per heavy atom. The van der Waals surface area contributed by atoms with E-state index in [0.29, 0.717) is 0 Å². The van der Waals surface area contributed by atoms with E-state index in [1.165, 1.54) is 27.2 Å². The molecule has 3 rings (SSSR count). The van der Waals surface area contributed by atoms with E-state index >= 15 is 0 Å². The van der Waals surface area contributed by atoms with Crippen LogP contribution in [0.4, 0.5) is 0 Å². The molecular formula is C15H17ClN2. The van der Waals surface area contributed by atoms with E-state index in [0.717, 1.165) is 6.42 Å². The van der Waals surface area contributed by atoms with Crippen LogP contribution in [0.25, 0.3) is 21.7 Å². The highest BCUT2D eigenvalue weighted by molar-refractivity contribution is 6.06. The molecule has 1 atom stereocenters. The Morgan fingerprint density at radius 3 is 2.67 bits per heavy atom. The Labute approximate surface area is 113 Å². The molecule has 0 fully saturated rings. The molecule has 1 aromatic heterocycles. The van der Waals surface area contributed by atoms with Crippen LogP contribution in [0.3, 0.4) is 0 Å². The number of nitrogens with one attached hydrogen (secondary N) is 1. The van der Waals surface area contributed by atoms with Crippen molar-refractivity contribution in [1.29, 1.82) is 0 Å². The predicted molar refractivity (Wildman–Crippen MR) is 80.4 cm³/mol. The number of fused-ring (bicyclic) bond motifs is 3. The van der Waals surface area contributed by atoms with Gasteiger partial charge in [-0.15, -0.1) is 12.4 Å². The first-order chi connectivity index (χ1) is 8.25. The van der Waals surface area contributed by atoms with Crippen LogP contribution in [0.2, 0.25) is 0 Å². The number of aromatic amines is 1. The van der Waals surface area contributed by atoms with Gasteiger partial charge in [0.2, 0.25) is 0 Å². The van der Waals surface area contributed by atoms with Crippen LogP contribution >= 0.6 is 12.4 Å². The van der Waals surface area contributed by atoms with Gasteiger partial charge in [-0.25, -0.2) is 0 Å². The molecule has 1 heterocycles. The van der Waals surface area contributed by atoms with E-state index in [1.54, 1.807) is 0 Å². The zero-order valence-electron chi connectivity index (χ0n) is 10.3. The third-order valence-corrected chi connectivity index (χ3v) is 3.21. The van der Waals surface area contributed by atoms with E-state index < -0.39 is 0 Å². The van der Waals surface area contributed by atoms with Crippen molar-refractivity contribution in [2.45, 2.75) is 19.4 Å². The van der Waals surface area contributed by atoms with Gasteiger partial charge in [-0.1, -0.05) is 36.4 Å². The maximum Gasteiger partial charge on any atom is 0.0536 e. The molecule has 3 N–H and O–H groups in total. The first-order valence-electron chi connectivity index (χ1n) is 5.99. The van der Waals surface area contributed by atoms with E-state index in [2.05, 4.69) is 47.6 Å². The molecule has 18 heavy (non-hydrogen) atoms. The smallest absolute Gasteiger partial charge is 0.0536 e. The Kier molecular flexibility index (Phi) is 3.60. The average Bonchev–Trinajstić information content (AvgIpc) is 2.72. The SMILES string of the molecule is CC(N)Cc1c[nH]c2c1ccc1ccccc12.Cl. The van der Waals surface area contributed by atoms with Gasteiger partial charge in [0.25, 0.3) is 0 Å². The highest BCUT2D eigenvalue weighted by Gasteiger charge is 2.07. The van der Waals surface area contributed by atoms with Crippen molar-refractivity contribution in [2.24, 2.45) is 5.73 Å². The fourth-order valence-corrected chi connectivity index (χ4v) is 2.45. The molecule has 0 aliphatic rings. The zero-order chi connectivity index (χ0) is 11.8. The van der Waals surface area contributed by atoms with Crippen molar-refractivity contribution < 1.29 is 0 Å². The molecule has 1 unspecified atom stereocenters. The topological polar surface area (TPSA) is 41.8 Å². The van der Waals surface area contributed by atoms with Crippen LogP contribution in [0.1, 0.15) is 12.5 Å². The van der Waals surface area contributed by atoms with Gasteiger partial charge in [0.05, 0.1) is 5.52 Å². The number of aromatic nitrogens is 1. The first-order valence-corrected chi connectivity index (χ1v) is 5.99. The lowest BCUT2D eigenvalue weighted by molar-refractivity contribution is 0.741. The summed E-state index contributed by atoms with van der Waals surface area (Å²) in [6.45, 7) is 2.04. The van der Waals surface area contributed by atoms with Crippen LogP contribution in [0, 0.1) is 0 Å². The van der Waals surface area contributed by atoms with Gasteiger partial charge < -0.3 is 10.7 Å². The van der Waals surface area contributed by atoms with Gasteiger partial charge in [-0.05, 0) is 24.3 Å². The normalized spacial score (nSPS) is 12.6. The maximum absolute atomic E-state index is 5.87. The summed E-state index contributed by atoms with van der Waals surface area (Å²) in [5.41, 5.74) is 8.40. The van der Waals surface area contributed by atoms with Gasteiger partial charge in [-0.3, -0.25) is 0 Å². The average molecular weight is 261 g/mol. The molecular weight excluding hydrogens is 244 g/mol. The second kappa shape index (κ2) is 5.01. The van der Waals surface area contributed by atoms with Crippen molar-refractivity contribution in [1.82, 2.24) is 4.98 Å². The van der Waals surface area contributed by atoms with Gasteiger partial charge in [0.15, 0.2) is 0 Å². The standard InChI is InChI=1S/C15H16N2.ClH/c1-10(16)8-12-9-17-15-13-5-3-2-4-11(13)6-7-14(12)15;/h2-7,9-10,17H,8,16H2,1H3;1H. The fraction of sp³-hybridized carbons (Fsp3) is 0.200. The summed E-state index contributed by atoms with van der Waals surface area (Å²) in [5.74, 6) is 0. The molecule has 0 saturated heterocycles. The Morgan fingerprint density at radius 1 is 1.11 bits per heavy atom. The fourth-order valence-electron chi connectivity index (χ4n) is 2.45. The summed E-state index contributed by atoms with van der Waals surface area (Å²) in [6, 6.07) is 13.0. The third kappa shape index (κ3) is 2.09. The molecule has 0 aliphatic carbocycles. The number of halogens is 1. The molecule has 0 saturated carbocycles. The van der Waals surface area contributed by atoms with Crippen LogP contribution < -0.4 is 5.73 Å². The molecule has 0 amide bonds. The largest absolute Gasteiger partial charge is 0.360 e. The summed E-state index contributed by atoms with van der Waals surface area (Å²) < 4.78 is 0. The van der Waals surface area contributed by atoms with Crippen LogP contribution in [0.15, 0.2) is 42.6 Å². The zero-order valence-corrected chi connectivity index (χ0v) is 11.1. The minimum absolute atomic E-state index is 0. The number of hydrogen-bond donors (Lipinski definition) is 2. The summed E-state index contributed by atoms with van der Waals surface area (Å²) >= 11 is 0. The predicted octanol–water partition coefficient (Wildman–Crippen LogP) is 3.63. The molecule has 3 aromatic rings. The van der Waals surface area contributed by atoms with Crippen molar-refractivity contribution >= 4 is 34.1 Å². The van der Waals surface area contributed by atoms with Gasteiger partial charge in [-0.2, -0.15) is 0 Å². The number of nitrogens with two attached hydrogens (primary N) is 1. The second-order valence-corrected chi connectivity index (χ2v) is 4.70. The molecule has 0 spiro atoms. The molecule has 3 heteroatoms. The van der Waals surface area contributed by atoms with Crippen LogP contribution in [-0.2, 0) is 6.42 Å². The van der Waals surface area contributed by atoms with Gasteiger partial charge in [0, 0.05) is 23.0 Å². The number of hydrogen-bond acceptors (Lipinski definition) is 1. The Bertz CT molecular complexity index is 670. The highest BCUT2D eigenvalue weighted by Crippen LogP contribution is 2.27. The summed E-state index contributed by atoms with van der Waals surface area (Å²) in [4.78, 5) is 3.38. The molecule has 2 nitrogen and oxygen atoms in total. The van der Waals surface area contributed by atoms with E-state index in [1.807, 2.05) is 6.92 Å². The minimum atomic E-state index is 0. The third-order valence-electron chi connectivity index (χ3n) is 3.21. The van der Waals surface area contributed by atoms with E-state index in [9.17, 15) is 0 Å². The van der Waals surface area contributed by atoms with E-state index in [4.69, 9.17) is 5.73 Å². The second-order valence-electron chi connectivity index (χ2n) is 4.70. The first kappa shape index (κ1) is 12.9. The Balaban J connectivity index is 0.00000120. The van der Waals surface area contributed by atoms with Gasteiger partial charge in [0.1, 0.15) is 0 Å². The van der Waals surface area contributed by atoms with E-state index in [-0.39, 0.29) is 18.4 Å². The molecule has 0 bridgehead atoms.